The molecule has 0 aliphatic carbocycles. The van der Waals surface area contributed by atoms with Gasteiger partial charge in [-0.05, 0) is 24.1 Å². The predicted octanol–water partition coefficient (Wildman–Crippen LogP) is 2.94. The van der Waals surface area contributed by atoms with Crippen LogP contribution in [0.5, 0.6) is 0 Å². The molecule has 0 fully saturated rings. The second kappa shape index (κ2) is 5.47. The molecule has 1 atom stereocenters. The summed E-state index contributed by atoms with van der Waals surface area (Å²) < 4.78 is 2.80. The van der Waals surface area contributed by atoms with Gasteiger partial charge in [0.1, 0.15) is 0 Å². The molecular weight excluding hydrogens is 280 g/mol. The molecule has 17 heavy (non-hydrogen) atoms. The van der Waals surface area contributed by atoms with E-state index >= 15 is 0 Å². The van der Waals surface area contributed by atoms with Crippen LogP contribution in [0.2, 0.25) is 0 Å². The molecule has 90 valence electrons. The maximum atomic E-state index is 10.2. The molecule has 0 aliphatic heterocycles. The number of nitrogens with zero attached hydrogens (tertiary/aromatic N) is 2. The lowest BCUT2D eigenvalue weighted by atomic mass is 10.0. The Labute approximate surface area is 109 Å². The van der Waals surface area contributed by atoms with Crippen LogP contribution in [-0.2, 0) is 13.0 Å². The van der Waals surface area contributed by atoms with E-state index in [0.29, 0.717) is 6.42 Å². The zero-order chi connectivity index (χ0) is 12.3. The first-order chi connectivity index (χ1) is 8.20. The predicted molar refractivity (Wildman–Crippen MR) is 70.7 cm³/mol. The summed E-state index contributed by atoms with van der Waals surface area (Å²) in [7, 11) is 0. The summed E-state index contributed by atoms with van der Waals surface area (Å²) in [5, 5.41) is 14.4. The quantitative estimate of drug-likeness (QED) is 0.941. The number of hydrogen-bond donors (Lipinski definition) is 1. The first kappa shape index (κ1) is 12.3. The minimum Gasteiger partial charge on any atom is -0.388 e. The van der Waals surface area contributed by atoms with E-state index in [1.54, 1.807) is 0 Å². The lowest BCUT2D eigenvalue weighted by Gasteiger charge is -2.11. The highest BCUT2D eigenvalue weighted by atomic mass is 79.9. The highest BCUT2D eigenvalue weighted by Crippen LogP contribution is 2.25. The molecule has 4 heteroatoms. The Morgan fingerprint density at radius 2 is 2.18 bits per heavy atom. The molecule has 0 saturated carbocycles. The van der Waals surface area contributed by atoms with E-state index in [4.69, 9.17) is 0 Å². The van der Waals surface area contributed by atoms with Gasteiger partial charge in [-0.1, -0.05) is 34.1 Å². The number of aliphatic hydroxyl groups excluding tert-OH is 1. The molecule has 1 unspecified atom stereocenters. The van der Waals surface area contributed by atoms with E-state index in [0.717, 1.165) is 22.1 Å². The van der Waals surface area contributed by atoms with Crippen molar-refractivity contribution in [3.8, 4) is 0 Å². The smallest absolute Gasteiger partial charge is 0.0842 e. The zero-order valence-corrected chi connectivity index (χ0v) is 11.3. The van der Waals surface area contributed by atoms with E-state index in [1.165, 1.54) is 0 Å². The monoisotopic (exact) mass is 294 g/mol. The molecule has 0 aliphatic rings. The topological polar surface area (TPSA) is 38.0 Å². The van der Waals surface area contributed by atoms with Crippen LogP contribution < -0.4 is 0 Å². The van der Waals surface area contributed by atoms with Crippen molar-refractivity contribution < 1.29 is 5.11 Å². The average molecular weight is 295 g/mol. The van der Waals surface area contributed by atoms with Crippen molar-refractivity contribution in [1.82, 2.24) is 9.78 Å². The highest BCUT2D eigenvalue weighted by molar-refractivity contribution is 9.10. The SMILES string of the molecule is CCn1cc(CC(O)c2ccccc2Br)cn1. The molecule has 3 nitrogen and oxygen atoms in total. The number of hydrogen-bond acceptors (Lipinski definition) is 2. The summed E-state index contributed by atoms with van der Waals surface area (Å²) in [5.41, 5.74) is 1.96. The standard InChI is InChI=1S/C13H15BrN2O/c1-2-16-9-10(8-15-16)7-13(17)11-5-3-4-6-12(11)14/h3-6,8-9,13,17H,2,7H2,1H3. The molecule has 0 bridgehead atoms. The van der Waals surface area contributed by atoms with E-state index in [2.05, 4.69) is 21.0 Å². The fourth-order valence-corrected chi connectivity index (χ4v) is 2.31. The van der Waals surface area contributed by atoms with Crippen molar-refractivity contribution in [2.45, 2.75) is 26.0 Å². The largest absolute Gasteiger partial charge is 0.388 e. The van der Waals surface area contributed by atoms with Gasteiger partial charge in [-0.2, -0.15) is 5.10 Å². The van der Waals surface area contributed by atoms with Gasteiger partial charge >= 0.3 is 0 Å². The number of benzene rings is 1. The molecule has 1 heterocycles. The summed E-state index contributed by atoms with van der Waals surface area (Å²) in [6.07, 6.45) is 3.87. The number of halogens is 1. The Hall–Kier alpha value is -1.13. The molecule has 2 aromatic rings. The van der Waals surface area contributed by atoms with Crippen LogP contribution >= 0.6 is 15.9 Å². The second-order valence-electron chi connectivity index (χ2n) is 3.95. The lowest BCUT2D eigenvalue weighted by Crippen LogP contribution is -2.02. The summed E-state index contributed by atoms with van der Waals surface area (Å²) in [5.74, 6) is 0. The maximum absolute atomic E-state index is 10.2. The first-order valence-corrected chi connectivity index (χ1v) is 6.44. The summed E-state index contributed by atoms with van der Waals surface area (Å²) >= 11 is 3.45. The normalized spacial score (nSPS) is 12.6. The Kier molecular flexibility index (Phi) is 3.97. The van der Waals surface area contributed by atoms with Crippen LogP contribution in [0.1, 0.15) is 24.2 Å². The van der Waals surface area contributed by atoms with Crippen LogP contribution in [0.15, 0.2) is 41.1 Å². The van der Waals surface area contributed by atoms with Gasteiger partial charge in [0.2, 0.25) is 0 Å². The van der Waals surface area contributed by atoms with Gasteiger partial charge in [-0.25, -0.2) is 0 Å². The molecule has 0 radical (unpaired) electrons. The number of rotatable bonds is 4. The van der Waals surface area contributed by atoms with E-state index in [-0.39, 0.29) is 0 Å². The van der Waals surface area contributed by atoms with Crippen molar-refractivity contribution in [1.29, 1.82) is 0 Å². The Bertz CT molecular complexity index is 496. The summed E-state index contributed by atoms with van der Waals surface area (Å²) in [6.45, 7) is 2.89. The van der Waals surface area contributed by atoms with Crippen LogP contribution in [0, 0.1) is 0 Å². The first-order valence-electron chi connectivity index (χ1n) is 5.64. The van der Waals surface area contributed by atoms with E-state index < -0.39 is 6.10 Å². The van der Waals surface area contributed by atoms with Crippen LogP contribution in [0.4, 0.5) is 0 Å². The molecule has 1 N–H and O–H groups in total. The highest BCUT2D eigenvalue weighted by Gasteiger charge is 2.12. The van der Waals surface area contributed by atoms with Crippen molar-refractivity contribution in [2.24, 2.45) is 0 Å². The van der Waals surface area contributed by atoms with Crippen LogP contribution in [0.25, 0.3) is 0 Å². The summed E-state index contributed by atoms with van der Waals surface area (Å²) in [4.78, 5) is 0. The fourth-order valence-electron chi connectivity index (χ4n) is 1.76. The Balaban J connectivity index is 2.11. The van der Waals surface area contributed by atoms with Crippen LogP contribution in [-0.4, -0.2) is 14.9 Å². The van der Waals surface area contributed by atoms with Gasteiger partial charge in [-0.15, -0.1) is 0 Å². The molecule has 2 rings (SSSR count). The van der Waals surface area contributed by atoms with Crippen molar-refractivity contribution in [2.75, 3.05) is 0 Å². The van der Waals surface area contributed by atoms with Gasteiger partial charge in [0.15, 0.2) is 0 Å². The van der Waals surface area contributed by atoms with E-state index in [9.17, 15) is 5.11 Å². The molecule has 0 spiro atoms. The third-order valence-electron chi connectivity index (χ3n) is 2.70. The van der Waals surface area contributed by atoms with Crippen LogP contribution in [0.3, 0.4) is 0 Å². The number of aromatic nitrogens is 2. The fraction of sp³-hybridized carbons (Fsp3) is 0.308. The average Bonchev–Trinajstić information content (AvgIpc) is 2.77. The molecule has 1 aromatic heterocycles. The van der Waals surface area contributed by atoms with Crippen molar-refractivity contribution in [3.63, 3.8) is 0 Å². The zero-order valence-electron chi connectivity index (χ0n) is 9.68. The molecule has 0 amide bonds. The third kappa shape index (κ3) is 2.96. The van der Waals surface area contributed by atoms with Gasteiger partial charge in [0.25, 0.3) is 0 Å². The third-order valence-corrected chi connectivity index (χ3v) is 3.43. The van der Waals surface area contributed by atoms with Crippen molar-refractivity contribution in [3.05, 3.63) is 52.3 Å². The van der Waals surface area contributed by atoms with Crippen molar-refractivity contribution >= 4 is 15.9 Å². The molecule has 1 aromatic carbocycles. The minimum absolute atomic E-state index is 0.500. The minimum atomic E-state index is -0.500. The Morgan fingerprint density at radius 1 is 1.41 bits per heavy atom. The summed E-state index contributed by atoms with van der Waals surface area (Å²) in [6, 6.07) is 7.74. The Morgan fingerprint density at radius 3 is 2.82 bits per heavy atom. The molecule has 0 saturated heterocycles. The number of aryl methyl sites for hydroxylation is 1. The second-order valence-corrected chi connectivity index (χ2v) is 4.80. The van der Waals surface area contributed by atoms with Gasteiger partial charge in [-0.3, -0.25) is 4.68 Å². The maximum Gasteiger partial charge on any atom is 0.0842 e. The number of aliphatic hydroxyl groups is 1. The van der Waals surface area contributed by atoms with E-state index in [1.807, 2.05) is 48.3 Å². The van der Waals surface area contributed by atoms with Gasteiger partial charge in [0.05, 0.1) is 12.3 Å². The van der Waals surface area contributed by atoms with Gasteiger partial charge in [0, 0.05) is 23.6 Å². The molecular formula is C13H15BrN2O. The van der Waals surface area contributed by atoms with Gasteiger partial charge < -0.3 is 5.11 Å². The lowest BCUT2D eigenvalue weighted by molar-refractivity contribution is 0.177.